The summed E-state index contributed by atoms with van der Waals surface area (Å²) in [6, 6.07) is 25.3. The fourth-order valence-corrected chi connectivity index (χ4v) is 5.63. The summed E-state index contributed by atoms with van der Waals surface area (Å²) in [4.78, 5) is 24.7. The molecule has 6 atom stereocenters. The van der Waals surface area contributed by atoms with Crippen molar-refractivity contribution in [1.82, 2.24) is 5.32 Å². The van der Waals surface area contributed by atoms with E-state index < -0.39 is 54.4 Å². The summed E-state index contributed by atoms with van der Waals surface area (Å²) in [6.45, 7) is 4.96. The van der Waals surface area contributed by atoms with Gasteiger partial charge < -0.3 is 29.4 Å². The highest BCUT2D eigenvalue weighted by molar-refractivity contribution is 5.80. The number of nitrogens with one attached hydrogen (secondary N) is 1. The third kappa shape index (κ3) is 8.65. The van der Waals surface area contributed by atoms with Gasteiger partial charge in [0.2, 0.25) is 0 Å². The molecule has 1 aliphatic heterocycles. The Labute approximate surface area is 262 Å². The first kappa shape index (κ1) is 34.0. The molecule has 0 aromatic heterocycles. The number of carbonyl (C=O) groups excluding carboxylic acids is 1. The molecular weight excluding hydrogens is 584 g/mol. The predicted octanol–water partition coefficient (Wildman–Crippen LogP) is 6.77. The Morgan fingerprint density at radius 2 is 1.38 bits per heavy atom. The van der Waals surface area contributed by atoms with Gasteiger partial charge in [-0.05, 0) is 30.0 Å². The van der Waals surface area contributed by atoms with Crippen molar-refractivity contribution in [2.75, 3.05) is 0 Å². The van der Waals surface area contributed by atoms with Crippen LogP contribution in [-0.2, 0) is 43.6 Å². The number of hydrogen-bond acceptors (Lipinski definition) is 6. The first-order valence-electron chi connectivity index (χ1n) is 15.1. The molecule has 1 unspecified atom stereocenters. The normalized spacial score (nSPS) is 24.0. The van der Waals surface area contributed by atoms with Gasteiger partial charge in [0, 0.05) is 12.3 Å². The summed E-state index contributed by atoms with van der Waals surface area (Å²) >= 11 is 0. The van der Waals surface area contributed by atoms with Crippen LogP contribution < -0.4 is 5.32 Å². The van der Waals surface area contributed by atoms with Gasteiger partial charge in [0.15, 0.2) is 5.60 Å². The van der Waals surface area contributed by atoms with Gasteiger partial charge in [-0.3, -0.25) is 0 Å². The van der Waals surface area contributed by atoms with Crippen molar-refractivity contribution in [3.05, 3.63) is 108 Å². The summed E-state index contributed by atoms with van der Waals surface area (Å²) in [6.07, 6.45) is -4.73. The molecule has 0 bridgehead atoms. The van der Waals surface area contributed by atoms with Crippen molar-refractivity contribution in [3.8, 4) is 0 Å². The first-order chi connectivity index (χ1) is 21.5. The number of amides is 1. The second-order valence-electron chi connectivity index (χ2n) is 11.5. The number of halogens is 2. The van der Waals surface area contributed by atoms with Crippen molar-refractivity contribution in [1.29, 1.82) is 0 Å². The number of hydrogen-bond donors (Lipinski definition) is 2. The molecule has 1 amide bonds. The summed E-state index contributed by atoms with van der Waals surface area (Å²) in [5.41, 5.74) is -0.0302. The molecule has 1 saturated heterocycles. The van der Waals surface area contributed by atoms with Crippen LogP contribution in [0.5, 0.6) is 0 Å². The molecule has 1 fully saturated rings. The molecule has 0 radical (unpaired) electrons. The standard InChI is InChI=1S/C35H41F2NO7/c1-4-29-24(2)30(42-21-25-14-8-5-9-15-25)31(43-22-26-16-10-6-11-17-26)34(3,45-29)35(36,37)20-28(32(39)40)38-33(41)44-23-27-18-12-7-13-19-27/h5-19,24,28-31H,4,20-23H2,1-3H3,(H,38,41)(H,39,40)/t24-,28?,29+,30-,31+,34+/m0/s1. The third-order valence-corrected chi connectivity index (χ3v) is 8.29. The smallest absolute Gasteiger partial charge is 0.408 e. The second-order valence-corrected chi connectivity index (χ2v) is 11.5. The molecule has 1 heterocycles. The highest BCUT2D eigenvalue weighted by Gasteiger charge is 2.64. The monoisotopic (exact) mass is 625 g/mol. The van der Waals surface area contributed by atoms with Crippen LogP contribution in [0.25, 0.3) is 0 Å². The quantitative estimate of drug-likeness (QED) is 0.204. The van der Waals surface area contributed by atoms with Crippen molar-refractivity contribution in [2.45, 2.75) is 89.3 Å². The van der Waals surface area contributed by atoms with Gasteiger partial charge in [0.1, 0.15) is 18.8 Å². The van der Waals surface area contributed by atoms with Crippen molar-refractivity contribution in [2.24, 2.45) is 5.92 Å². The third-order valence-electron chi connectivity index (χ3n) is 8.29. The second kappa shape index (κ2) is 15.4. The summed E-state index contributed by atoms with van der Waals surface area (Å²) < 4.78 is 57.2. The van der Waals surface area contributed by atoms with Crippen LogP contribution in [0.3, 0.4) is 0 Å². The Hall–Kier alpha value is -3.86. The highest BCUT2D eigenvalue weighted by Crippen LogP contribution is 2.48. The largest absolute Gasteiger partial charge is 0.480 e. The molecule has 1 aliphatic rings. The average molecular weight is 626 g/mol. The molecular formula is C35H41F2NO7. The van der Waals surface area contributed by atoms with Crippen LogP contribution in [0.1, 0.15) is 50.3 Å². The van der Waals surface area contributed by atoms with Crippen molar-refractivity contribution >= 4 is 12.1 Å². The lowest BCUT2D eigenvalue weighted by Gasteiger charge is -2.54. The Bertz CT molecular complexity index is 1360. The molecule has 10 heteroatoms. The maximum absolute atomic E-state index is 16.6. The molecule has 45 heavy (non-hydrogen) atoms. The predicted molar refractivity (Wildman–Crippen MR) is 164 cm³/mol. The fraction of sp³-hybridized carbons (Fsp3) is 0.429. The Balaban J connectivity index is 1.59. The minimum Gasteiger partial charge on any atom is -0.480 e. The highest BCUT2D eigenvalue weighted by atomic mass is 19.3. The molecule has 242 valence electrons. The zero-order valence-corrected chi connectivity index (χ0v) is 25.7. The maximum atomic E-state index is 16.6. The average Bonchev–Trinajstić information content (AvgIpc) is 3.04. The Morgan fingerprint density at radius 3 is 1.87 bits per heavy atom. The molecule has 8 nitrogen and oxygen atoms in total. The number of ether oxygens (including phenoxy) is 4. The van der Waals surface area contributed by atoms with Gasteiger partial charge in [-0.25, -0.2) is 18.4 Å². The zero-order valence-electron chi connectivity index (χ0n) is 25.7. The van der Waals surface area contributed by atoms with E-state index in [9.17, 15) is 14.7 Å². The number of aliphatic carboxylic acids is 1. The van der Waals surface area contributed by atoms with Crippen LogP contribution in [0.15, 0.2) is 91.0 Å². The lowest BCUT2D eigenvalue weighted by atomic mass is 9.76. The SMILES string of the molecule is CC[C@H]1O[C@@](C)(C(F)(F)CC(NC(=O)OCc2ccccc2)C(=O)O)[C@H](OCc2ccccc2)[C@@H](OCc2ccccc2)[C@H]1C. The van der Waals surface area contributed by atoms with Gasteiger partial charge >= 0.3 is 12.1 Å². The first-order valence-corrected chi connectivity index (χ1v) is 15.1. The van der Waals surface area contributed by atoms with Gasteiger partial charge in [0.25, 0.3) is 5.92 Å². The van der Waals surface area contributed by atoms with Crippen LogP contribution in [0.4, 0.5) is 13.6 Å². The van der Waals surface area contributed by atoms with Crippen molar-refractivity contribution < 1.29 is 42.4 Å². The van der Waals surface area contributed by atoms with E-state index in [1.165, 1.54) is 6.92 Å². The molecule has 3 aromatic carbocycles. The van der Waals surface area contributed by atoms with Gasteiger partial charge in [-0.15, -0.1) is 0 Å². The summed E-state index contributed by atoms with van der Waals surface area (Å²) in [5, 5.41) is 12.0. The number of alkyl halides is 2. The topological polar surface area (TPSA) is 103 Å². The van der Waals surface area contributed by atoms with E-state index in [1.54, 1.807) is 30.3 Å². The minimum absolute atomic E-state index is 0.00165. The van der Waals surface area contributed by atoms with Crippen molar-refractivity contribution in [3.63, 3.8) is 0 Å². The van der Waals surface area contributed by atoms with Gasteiger partial charge in [-0.1, -0.05) is 105 Å². The Morgan fingerprint density at radius 1 is 0.889 bits per heavy atom. The molecule has 0 spiro atoms. The fourth-order valence-electron chi connectivity index (χ4n) is 5.63. The molecule has 4 rings (SSSR count). The molecule has 3 aromatic rings. The molecule has 0 aliphatic carbocycles. The van der Waals surface area contributed by atoms with E-state index in [-0.39, 0.29) is 25.7 Å². The van der Waals surface area contributed by atoms with Crippen LogP contribution in [0, 0.1) is 5.92 Å². The number of alkyl carbamates (subject to hydrolysis) is 1. The van der Waals surface area contributed by atoms with Crippen LogP contribution in [-0.4, -0.2) is 53.0 Å². The van der Waals surface area contributed by atoms with E-state index in [2.05, 4.69) is 5.32 Å². The van der Waals surface area contributed by atoms with E-state index in [0.29, 0.717) is 12.0 Å². The zero-order chi connectivity index (χ0) is 32.5. The van der Waals surface area contributed by atoms with E-state index in [1.807, 2.05) is 74.5 Å². The lowest BCUT2D eigenvalue weighted by Crippen LogP contribution is -2.69. The number of carbonyl (C=O) groups is 2. The Kier molecular flexibility index (Phi) is 11.7. The minimum atomic E-state index is -3.80. The lowest BCUT2D eigenvalue weighted by molar-refractivity contribution is -0.332. The summed E-state index contributed by atoms with van der Waals surface area (Å²) in [5.74, 6) is -5.76. The van der Waals surface area contributed by atoms with Gasteiger partial charge in [0.05, 0.1) is 25.4 Å². The number of carboxylic acid groups (broad SMARTS) is 1. The number of benzene rings is 3. The molecule has 2 N–H and O–H groups in total. The van der Waals surface area contributed by atoms with Gasteiger partial charge in [-0.2, -0.15) is 0 Å². The molecule has 0 saturated carbocycles. The van der Waals surface area contributed by atoms with Crippen LogP contribution in [0.2, 0.25) is 0 Å². The van der Waals surface area contributed by atoms with E-state index in [4.69, 9.17) is 18.9 Å². The van der Waals surface area contributed by atoms with E-state index >= 15 is 8.78 Å². The number of carboxylic acids is 1. The maximum Gasteiger partial charge on any atom is 0.408 e. The van der Waals surface area contributed by atoms with E-state index in [0.717, 1.165) is 11.1 Å². The summed E-state index contributed by atoms with van der Waals surface area (Å²) in [7, 11) is 0. The van der Waals surface area contributed by atoms with Crippen LogP contribution >= 0.6 is 0 Å². The number of rotatable bonds is 14.